The highest BCUT2D eigenvalue weighted by molar-refractivity contribution is 7.89. The summed E-state index contributed by atoms with van der Waals surface area (Å²) in [5.74, 6) is -0.103. The fourth-order valence-corrected chi connectivity index (χ4v) is 4.72. The van der Waals surface area contributed by atoms with Crippen LogP contribution < -0.4 is 10.1 Å². The summed E-state index contributed by atoms with van der Waals surface area (Å²) in [6.45, 7) is 6.25. The number of benzene rings is 1. The first-order valence-corrected chi connectivity index (χ1v) is 9.44. The second-order valence-corrected chi connectivity index (χ2v) is 7.68. The second-order valence-electron chi connectivity index (χ2n) is 5.82. The lowest BCUT2D eigenvalue weighted by Gasteiger charge is -2.32. The van der Waals surface area contributed by atoms with Crippen molar-refractivity contribution < 1.29 is 17.9 Å². The summed E-state index contributed by atoms with van der Waals surface area (Å²) < 4.78 is 32.8. The zero-order valence-electron chi connectivity index (χ0n) is 14.1. The number of carbonyl (C=O) groups excluding carboxylic acids is 1. The van der Waals surface area contributed by atoms with E-state index in [2.05, 4.69) is 11.9 Å². The molecular weight excluding hydrogens is 328 g/mol. The van der Waals surface area contributed by atoms with Crippen molar-refractivity contribution in [2.24, 2.45) is 0 Å². The van der Waals surface area contributed by atoms with E-state index in [1.54, 1.807) is 12.1 Å². The molecule has 132 valence electrons. The quantitative estimate of drug-likeness (QED) is 0.796. The lowest BCUT2D eigenvalue weighted by molar-refractivity contribution is 0.0957. The fourth-order valence-electron chi connectivity index (χ4n) is 2.84. The maximum absolute atomic E-state index is 13.1. The summed E-state index contributed by atoms with van der Waals surface area (Å²) in [6.07, 6.45) is 4.26. The number of nitrogens with zero attached hydrogens (tertiary/aromatic N) is 1. The molecule has 1 saturated heterocycles. The van der Waals surface area contributed by atoms with Gasteiger partial charge >= 0.3 is 0 Å². The molecule has 1 amide bonds. The van der Waals surface area contributed by atoms with Crippen LogP contribution in [0.15, 0.2) is 35.7 Å². The number of nitrogens with one attached hydrogen (secondary N) is 1. The second kappa shape index (κ2) is 7.81. The van der Waals surface area contributed by atoms with E-state index in [1.165, 1.54) is 23.5 Å². The molecule has 1 aromatic carbocycles. The van der Waals surface area contributed by atoms with Crippen LogP contribution in [0.3, 0.4) is 0 Å². The third-order valence-electron chi connectivity index (χ3n) is 4.16. The normalized spacial score (nSPS) is 18.8. The van der Waals surface area contributed by atoms with Crippen molar-refractivity contribution in [3.63, 3.8) is 0 Å². The predicted octanol–water partition coefficient (Wildman–Crippen LogP) is 2.17. The maximum Gasteiger partial charge on any atom is 0.251 e. The molecule has 0 unspecified atom stereocenters. The maximum atomic E-state index is 13.1. The van der Waals surface area contributed by atoms with Gasteiger partial charge in [-0.25, -0.2) is 8.42 Å². The molecule has 0 aromatic heterocycles. The molecule has 2 rings (SSSR count). The average molecular weight is 352 g/mol. The van der Waals surface area contributed by atoms with Crippen LogP contribution in [0.2, 0.25) is 0 Å². The van der Waals surface area contributed by atoms with Gasteiger partial charge in [0.2, 0.25) is 10.0 Å². The van der Waals surface area contributed by atoms with E-state index in [1.807, 2.05) is 6.92 Å². The molecule has 6 nitrogen and oxygen atoms in total. The van der Waals surface area contributed by atoms with Crippen LogP contribution in [0.25, 0.3) is 0 Å². The van der Waals surface area contributed by atoms with E-state index >= 15 is 0 Å². The summed E-state index contributed by atoms with van der Waals surface area (Å²) in [7, 11) is -2.30. The molecule has 1 atom stereocenters. The Bertz CT molecular complexity index is 715. The number of sulfonamides is 1. The topological polar surface area (TPSA) is 75.7 Å². The van der Waals surface area contributed by atoms with Gasteiger partial charge in [-0.1, -0.05) is 12.5 Å². The summed E-state index contributed by atoms with van der Waals surface area (Å²) in [6, 6.07) is 4.39. The van der Waals surface area contributed by atoms with Crippen LogP contribution >= 0.6 is 0 Å². The van der Waals surface area contributed by atoms with Crippen molar-refractivity contribution in [3.8, 4) is 5.75 Å². The number of amides is 1. The van der Waals surface area contributed by atoms with Crippen LogP contribution in [-0.2, 0) is 10.0 Å². The van der Waals surface area contributed by atoms with Gasteiger partial charge in [0.1, 0.15) is 10.6 Å². The van der Waals surface area contributed by atoms with Crippen molar-refractivity contribution in [2.45, 2.75) is 37.1 Å². The molecular formula is C17H24N2O4S. The summed E-state index contributed by atoms with van der Waals surface area (Å²) in [5.41, 5.74) is 0.279. The highest BCUT2D eigenvalue weighted by Gasteiger charge is 2.33. The van der Waals surface area contributed by atoms with Crippen LogP contribution in [0.4, 0.5) is 0 Å². The van der Waals surface area contributed by atoms with E-state index in [4.69, 9.17) is 4.74 Å². The zero-order valence-corrected chi connectivity index (χ0v) is 14.9. The van der Waals surface area contributed by atoms with Crippen molar-refractivity contribution in [2.75, 3.05) is 20.2 Å². The molecule has 0 aliphatic carbocycles. The first kappa shape index (κ1) is 18.5. The Balaban J connectivity index is 2.42. The van der Waals surface area contributed by atoms with E-state index < -0.39 is 10.0 Å². The minimum absolute atomic E-state index is 0.0324. The molecule has 0 bridgehead atoms. The van der Waals surface area contributed by atoms with Gasteiger partial charge in [0.25, 0.3) is 5.91 Å². The Morgan fingerprint density at radius 3 is 2.83 bits per heavy atom. The highest BCUT2D eigenvalue weighted by atomic mass is 32.2. The largest absolute Gasteiger partial charge is 0.495 e. The van der Waals surface area contributed by atoms with E-state index in [0.717, 1.165) is 19.3 Å². The number of hydrogen-bond acceptors (Lipinski definition) is 4. The third kappa shape index (κ3) is 3.79. The predicted molar refractivity (Wildman–Crippen MR) is 92.7 cm³/mol. The van der Waals surface area contributed by atoms with Gasteiger partial charge in [-0.15, -0.1) is 6.58 Å². The first-order chi connectivity index (χ1) is 11.4. The lowest BCUT2D eigenvalue weighted by atomic mass is 10.1. The molecule has 1 aliphatic rings. The average Bonchev–Trinajstić information content (AvgIpc) is 2.59. The van der Waals surface area contributed by atoms with Crippen LogP contribution in [0.1, 0.15) is 36.5 Å². The fraction of sp³-hybridized carbons (Fsp3) is 0.471. The van der Waals surface area contributed by atoms with Gasteiger partial charge < -0.3 is 10.1 Å². The Labute approximate surface area is 143 Å². The van der Waals surface area contributed by atoms with Crippen molar-refractivity contribution in [3.05, 3.63) is 36.4 Å². The Morgan fingerprint density at radius 2 is 2.21 bits per heavy atom. The molecule has 7 heteroatoms. The Morgan fingerprint density at radius 1 is 1.46 bits per heavy atom. The molecule has 24 heavy (non-hydrogen) atoms. The van der Waals surface area contributed by atoms with Gasteiger partial charge in [-0.3, -0.25) is 4.79 Å². The molecule has 0 spiro atoms. The van der Waals surface area contributed by atoms with Gasteiger partial charge in [0.15, 0.2) is 0 Å². The summed E-state index contributed by atoms with van der Waals surface area (Å²) >= 11 is 0. The number of carbonyl (C=O) groups is 1. The van der Waals surface area contributed by atoms with Gasteiger partial charge in [-0.2, -0.15) is 4.31 Å². The highest BCUT2D eigenvalue weighted by Crippen LogP contribution is 2.31. The number of rotatable bonds is 6. The zero-order chi connectivity index (χ0) is 17.7. The van der Waals surface area contributed by atoms with E-state index in [9.17, 15) is 13.2 Å². The molecule has 1 N–H and O–H groups in total. The van der Waals surface area contributed by atoms with Gasteiger partial charge in [0.05, 0.1) is 7.11 Å². The molecule has 1 aliphatic heterocycles. The molecule has 1 fully saturated rings. The molecule has 1 aromatic rings. The van der Waals surface area contributed by atoms with Crippen LogP contribution in [0.5, 0.6) is 5.75 Å². The first-order valence-electron chi connectivity index (χ1n) is 8.00. The van der Waals surface area contributed by atoms with E-state index in [0.29, 0.717) is 13.1 Å². The minimum Gasteiger partial charge on any atom is -0.495 e. The summed E-state index contributed by atoms with van der Waals surface area (Å²) in [5, 5.41) is 2.65. The summed E-state index contributed by atoms with van der Waals surface area (Å²) in [4.78, 5) is 12.1. The molecule has 0 radical (unpaired) electrons. The Hall–Kier alpha value is -1.86. The smallest absolute Gasteiger partial charge is 0.251 e. The van der Waals surface area contributed by atoms with Crippen molar-refractivity contribution in [1.82, 2.24) is 9.62 Å². The number of ether oxygens (including phenoxy) is 1. The van der Waals surface area contributed by atoms with Crippen LogP contribution in [0, 0.1) is 0 Å². The van der Waals surface area contributed by atoms with Crippen molar-refractivity contribution in [1.29, 1.82) is 0 Å². The number of hydrogen-bond donors (Lipinski definition) is 1. The molecule has 0 saturated carbocycles. The monoisotopic (exact) mass is 352 g/mol. The minimum atomic E-state index is -3.72. The van der Waals surface area contributed by atoms with Crippen molar-refractivity contribution >= 4 is 15.9 Å². The van der Waals surface area contributed by atoms with Gasteiger partial charge in [-0.05, 0) is 38.0 Å². The van der Waals surface area contributed by atoms with Gasteiger partial charge in [0, 0.05) is 24.7 Å². The number of piperidine rings is 1. The van der Waals surface area contributed by atoms with E-state index in [-0.39, 0.29) is 28.2 Å². The van der Waals surface area contributed by atoms with Crippen LogP contribution in [-0.4, -0.2) is 44.9 Å². The standard InChI is InChI=1S/C17H24N2O4S/c1-4-10-18-17(20)14-8-9-15(23-3)16(12-14)24(21,22)19-11-6-5-7-13(19)2/h4,8-9,12-13H,1,5-7,10-11H2,2-3H3,(H,18,20)/t13-/m0/s1. The lowest BCUT2D eigenvalue weighted by Crippen LogP contribution is -2.42. The SMILES string of the molecule is C=CCNC(=O)c1ccc(OC)c(S(=O)(=O)N2CCCC[C@@H]2C)c1. The Kier molecular flexibility index (Phi) is 6.01. The number of methoxy groups -OCH3 is 1. The third-order valence-corrected chi connectivity index (χ3v) is 6.20. The molecule has 1 heterocycles.